The number of carbonyl (C=O) groups is 3. The summed E-state index contributed by atoms with van der Waals surface area (Å²) in [5.41, 5.74) is 6.13. The molecule has 0 radical (unpaired) electrons. The molecule has 1 fully saturated rings. The van der Waals surface area contributed by atoms with E-state index in [-0.39, 0.29) is 17.9 Å². The van der Waals surface area contributed by atoms with Gasteiger partial charge in [-0.25, -0.2) is 5.01 Å². The Hall–Kier alpha value is -3.19. The summed E-state index contributed by atoms with van der Waals surface area (Å²) in [6.45, 7) is 4.27. The minimum absolute atomic E-state index is 0.189. The number of amides is 3. The summed E-state index contributed by atoms with van der Waals surface area (Å²) in [6.07, 6.45) is 2.80. The lowest BCUT2D eigenvalue weighted by molar-refractivity contribution is -0.131. The molecule has 2 aromatic carbocycles. The highest BCUT2D eigenvalue weighted by molar-refractivity contribution is 6.06. The smallest absolute Gasteiger partial charge is 0.261 e. The topological polar surface area (TPSA) is 90.5 Å². The lowest BCUT2D eigenvalue weighted by atomic mass is 9.92. The summed E-state index contributed by atoms with van der Waals surface area (Å²) in [5.74, 6) is -1.28. The Labute approximate surface area is 182 Å². The summed E-state index contributed by atoms with van der Waals surface area (Å²) >= 11 is 0. The van der Waals surface area contributed by atoms with Gasteiger partial charge in [-0.2, -0.15) is 0 Å². The van der Waals surface area contributed by atoms with Gasteiger partial charge in [0.2, 0.25) is 5.91 Å². The third-order valence-electron chi connectivity index (χ3n) is 6.05. The van der Waals surface area contributed by atoms with Crippen molar-refractivity contribution in [2.24, 2.45) is 0 Å². The van der Waals surface area contributed by atoms with Gasteiger partial charge in [-0.3, -0.25) is 19.8 Å². The van der Waals surface area contributed by atoms with Crippen LogP contribution in [0.4, 0.5) is 5.69 Å². The molecule has 2 aliphatic heterocycles. The molecule has 7 nitrogen and oxygen atoms in total. The molecule has 0 bridgehead atoms. The van der Waals surface area contributed by atoms with E-state index in [9.17, 15) is 14.4 Å². The Morgan fingerprint density at radius 1 is 1.06 bits per heavy atom. The number of carbonyl (C=O) groups excluding carboxylic acids is 3. The van der Waals surface area contributed by atoms with Gasteiger partial charge in [-0.05, 0) is 50.4 Å². The highest BCUT2D eigenvalue weighted by atomic mass is 16.2. The van der Waals surface area contributed by atoms with Gasteiger partial charge in [0.25, 0.3) is 11.8 Å². The number of benzene rings is 2. The third kappa shape index (κ3) is 4.18. The van der Waals surface area contributed by atoms with Crippen LogP contribution >= 0.6 is 0 Å². The van der Waals surface area contributed by atoms with Crippen molar-refractivity contribution in [2.45, 2.75) is 51.1 Å². The molecule has 0 spiro atoms. The summed E-state index contributed by atoms with van der Waals surface area (Å²) in [5, 5.41) is 7.27. The van der Waals surface area contributed by atoms with Gasteiger partial charge in [0.05, 0.1) is 17.6 Å². The van der Waals surface area contributed by atoms with Gasteiger partial charge in [-0.1, -0.05) is 48.9 Å². The molecule has 1 saturated heterocycles. The third-order valence-corrected chi connectivity index (χ3v) is 6.05. The first kappa shape index (κ1) is 21.1. The van der Waals surface area contributed by atoms with E-state index >= 15 is 0 Å². The number of piperidine rings is 1. The Bertz CT molecular complexity index is 1000. The molecule has 0 aliphatic carbocycles. The van der Waals surface area contributed by atoms with Gasteiger partial charge in [0.1, 0.15) is 6.04 Å². The number of fused-ring (bicyclic) bond motifs is 3. The molecule has 3 amide bonds. The van der Waals surface area contributed by atoms with E-state index in [1.54, 1.807) is 6.92 Å². The molecule has 2 aliphatic rings. The van der Waals surface area contributed by atoms with Crippen LogP contribution in [-0.2, 0) is 14.4 Å². The fourth-order valence-corrected chi connectivity index (χ4v) is 4.24. The predicted molar refractivity (Wildman–Crippen MR) is 119 cm³/mol. The molecule has 0 aromatic heterocycles. The van der Waals surface area contributed by atoms with Crippen molar-refractivity contribution in [2.75, 3.05) is 11.6 Å². The van der Waals surface area contributed by atoms with Crippen LogP contribution in [0.2, 0.25) is 0 Å². The van der Waals surface area contributed by atoms with Gasteiger partial charge in [0, 0.05) is 5.56 Å². The zero-order valence-corrected chi connectivity index (χ0v) is 17.9. The first-order valence-electron chi connectivity index (χ1n) is 10.8. The summed E-state index contributed by atoms with van der Waals surface area (Å²) in [6, 6.07) is 14.2. The molecule has 0 saturated carbocycles. The monoisotopic (exact) mass is 420 g/mol. The van der Waals surface area contributed by atoms with E-state index in [0.717, 1.165) is 42.5 Å². The maximum atomic E-state index is 13.3. The number of para-hydroxylation sites is 1. The van der Waals surface area contributed by atoms with Crippen molar-refractivity contribution in [3.8, 4) is 11.1 Å². The zero-order chi connectivity index (χ0) is 22.0. The van der Waals surface area contributed by atoms with Crippen molar-refractivity contribution >= 4 is 23.4 Å². The van der Waals surface area contributed by atoms with Crippen molar-refractivity contribution < 1.29 is 14.4 Å². The molecule has 31 heavy (non-hydrogen) atoms. The Balaban J connectivity index is 1.55. The number of nitrogens with one attached hydrogen (secondary N) is 3. The first-order chi connectivity index (χ1) is 15.0. The standard InChI is InChI=1S/C24H28N4O3/c1-15-17-9-3-4-10-18(17)19-11-5-6-13-21(19)28(24(15)31)27-22(29)16(2)26-23(30)20-12-7-8-14-25-20/h3-6,9-11,13,15-16,20,25H,7-8,12,14H2,1-2H3,(H,26,30)(H,27,29)/t15?,16-,20-/m0/s1. The predicted octanol–water partition coefficient (Wildman–Crippen LogP) is 2.48. The van der Waals surface area contributed by atoms with Crippen LogP contribution in [-0.4, -0.2) is 36.3 Å². The van der Waals surface area contributed by atoms with Crippen molar-refractivity contribution in [1.29, 1.82) is 0 Å². The molecule has 2 heterocycles. The minimum Gasteiger partial charge on any atom is -0.343 e. The molecule has 4 rings (SSSR count). The van der Waals surface area contributed by atoms with E-state index in [0.29, 0.717) is 5.69 Å². The van der Waals surface area contributed by atoms with E-state index in [4.69, 9.17) is 0 Å². The fraction of sp³-hybridized carbons (Fsp3) is 0.375. The number of hydrazine groups is 1. The largest absolute Gasteiger partial charge is 0.343 e. The average molecular weight is 421 g/mol. The van der Waals surface area contributed by atoms with Crippen molar-refractivity contribution in [1.82, 2.24) is 16.1 Å². The summed E-state index contributed by atoms with van der Waals surface area (Å²) in [7, 11) is 0. The number of rotatable bonds is 4. The van der Waals surface area contributed by atoms with Gasteiger partial charge < -0.3 is 10.6 Å². The quantitative estimate of drug-likeness (QED) is 0.709. The number of hydrogen-bond acceptors (Lipinski definition) is 4. The van der Waals surface area contributed by atoms with Crippen LogP contribution in [0.3, 0.4) is 0 Å². The zero-order valence-electron chi connectivity index (χ0n) is 17.9. The summed E-state index contributed by atoms with van der Waals surface area (Å²) in [4.78, 5) is 38.7. The van der Waals surface area contributed by atoms with E-state index in [2.05, 4.69) is 16.1 Å². The molecule has 2 aromatic rings. The Morgan fingerprint density at radius 2 is 1.77 bits per heavy atom. The van der Waals surface area contributed by atoms with E-state index in [1.807, 2.05) is 55.5 Å². The number of hydrogen-bond donors (Lipinski definition) is 3. The first-order valence-corrected chi connectivity index (χ1v) is 10.8. The summed E-state index contributed by atoms with van der Waals surface area (Å²) < 4.78 is 0. The van der Waals surface area contributed by atoms with E-state index < -0.39 is 17.9 Å². The molecule has 3 N–H and O–H groups in total. The van der Waals surface area contributed by atoms with Gasteiger partial charge in [-0.15, -0.1) is 0 Å². The number of nitrogens with zero attached hydrogens (tertiary/aromatic N) is 1. The molecule has 3 atom stereocenters. The van der Waals surface area contributed by atoms with Gasteiger partial charge in [0.15, 0.2) is 0 Å². The SMILES string of the molecule is CC1C(=O)N(NC(=O)[C@H](C)NC(=O)[C@@H]2CCCCN2)c2ccccc2-c2ccccc21. The molecular weight excluding hydrogens is 392 g/mol. The molecule has 1 unspecified atom stereocenters. The maximum Gasteiger partial charge on any atom is 0.261 e. The van der Waals surface area contributed by atoms with Crippen molar-refractivity contribution in [3.05, 3.63) is 54.1 Å². The Morgan fingerprint density at radius 3 is 2.52 bits per heavy atom. The minimum atomic E-state index is -0.780. The van der Waals surface area contributed by atoms with Crippen LogP contribution in [0.5, 0.6) is 0 Å². The van der Waals surface area contributed by atoms with Gasteiger partial charge >= 0.3 is 0 Å². The molecule has 162 valence electrons. The highest BCUT2D eigenvalue weighted by Crippen LogP contribution is 2.39. The van der Waals surface area contributed by atoms with Crippen LogP contribution in [0.25, 0.3) is 11.1 Å². The second kappa shape index (κ2) is 8.89. The van der Waals surface area contributed by atoms with Crippen LogP contribution < -0.4 is 21.1 Å². The second-order valence-electron chi connectivity index (χ2n) is 8.21. The maximum absolute atomic E-state index is 13.3. The average Bonchev–Trinajstić information content (AvgIpc) is 2.89. The highest BCUT2D eigenvalue weighted by Gasteiger charge is 2.33. The second-order valence-corrected chi connectivity index (χ2v) is 8.21. The van der Waals surface area contributed by atoms with Crippen molar-refractivity contribution in [3.63, 3.8) is 0 Å². The van der Waals surface area contributed by atoms with Crippen LogP contribution in [0, 0.1) is 0 Å². The fourth-order valence-electron chi connectivity index (χ4n) is 4.24. The van der Waals surface area contributed by atoms with E-state index in [1.165, 1.54) is 5.01 Å². The molecule has 7 heteroatoms. The normalized spacial score (nSPS) is 21.4. The molecular formula is C24H28N4O3. The van der Waals surface area contributed by atoms with Crippen LogP contribution in [0.15, 0.2) is 48.5 Å². The number of anilines is 1. The Kier molecular flexibility index (Phi) is 6.04. The lowest BCUT2D eigenvalue weighted by Crippen LogP contribution is -2.56. The lowest BCUT2D eigenvalue weighted by Gasteiger charge is -2.28. The van der Waals surface area contributed by atoms with Crippen LogP contribution in [0.1, 0.15) is 44.6 Å².